The largest absolute Gasteiger partial charge is 0.394 e. The van der Waals surface area contributed by atoms with Crippen molar-refractivity contribution in [2.24, 2.45) is 23.7 Å². The summed E-state index contributed by atoms with van der Waals surface area (Å²) in [5.74, 6) is 1.95. The first-order valence-corrected chi connectivity index (χ1v) is 14.9. The van der Waals surface area contributed by atoms with Crippen molar-refractivity contribution in [2.75, 3.05) is 26.4 Å². The highest BCUT2D eigenvalue weighted by Gasteiger charge is 2.23. The van der Waals surface area contributed by atoms with Gasteiger partial charge in [0.2, 0.25) is 0 Å². The Labute approximate surface area is 233 Å². The van der Waals surface area contributed by atoms with Gasteiger partial charge in [-0.25, -0.2) is 0 Å². The summed E-state index contributed by atoms with van der Waals surface area (Å²) >= 11 is 0. The molecule has 6 atom stereocenters. The Morgan fingerprint density at radius 2 is 1.05 bits per heavy atom. The zero-order chi connectivity index (χ0) is 29.7. The minimum absolute atomic E-state index is 0.113. The monoisotopic (exact) mass is 552 g/mol. The van der Waals surface area contributed by atoms with Crippen molar-refractivity contribution in [3.8, 4) is 0 Å². The van der Waals surface area contributed by atoms with Crippen LogP contribution in [0.5, 0.6) is 0 Å². The standard InChI is InChI=1S/C9H20O3.C9H18O2.C6H14O2.C6H12O/c1-7(2)9(12)5-3-4-8(11)6-10;1-7(2)9(10)5-3-4-8-6-11-8;1-5(2)3-6(8)4-7;1-5(2)3-6-4-7-6/h7-12H,3-6H2,1-2H3;7-10H,3-6H2,1-2H3;5-8H,3-4H2,1-2H3;5-6H,3-4H2,1-2H3. The molecule has 6 N–H and O–H groups in total. The van der Waals surface area contributed by atoms with E-state index in [0.717, 1.165) is 44.8 Å². The molecule has 0 aliphatic carbocycles. The van der Waals surface area contributed by atoms with Crippen LogP contribution < -0.4 is 0 Å². The number of epoxide rings is 2. The molecular formula is C30H64O8. The first-order chi connectivity index (χ1) is 17.7. The predicted octanol–water partition coefficient (Wildman–Crippen LogP) is 3.92. The fraction of sp³-hybridized carbons (Fsp3) is 1.00. The maximum atomic E-state index is 9.42. The molecule has 2 aliphatic heterocycles. The Morgan fingerprint density at radius 3 is 1.34 bits per heavy atom. The number of aliphatic hydroxyl groups is 6. The molecule has 0 aromatic rings. The lowest BCUT2D eigenvalue weighted by molar-refractivity contribution is 0.0733. The fourth-order valence-corrected chi connectivity index (χ4v) is 3.46. The van der Waals surface area contributed by atoms with E-state index in [1.54, 1.807) is 0 Å². The maximum absolute atomic E-state index is 9.42. The highest BCUT2D eigenvalue weighted by Crippen LogP contribution is 2.19. The second-order valence-electron chi connectivity index (χ2n) is 12.3. The number of hydrogen-bond donors (Lipinski definition) is 6. The highest BCUT2D eigenvalue weighted by molar-refractivity contribution is 4.70. The zero-order valence-corrected chi connectivity index (χ0v) is 25.8. The van der Waals surface area contributed by atoms with Gasteiger partial charge in [0.05, 0.1) is 63.1 Å². The molecular weight excluding hydrogens is 488 g/mol. The van der Waals surface area contributed by atoms with Gasteiger partial charge in [-0.05, 0) is 75.0 Å². The van der Waals surface area contributed by atoms with Gasteiger partial charge in [-0.1, -0.05) is 55.4 Å². The van der Waals surface area contributed by atoms with E-state index in [-0.39, 0.29) is 31.3 Å². The van der Waals surface area contributed by atoms with Gasteiger partial charge in [0.15, 0.2) is 0 Å². The molecule has 0 saturated carbocycles. The third-order valence-electron chi connectivity index (χ3n) is 6.31. The second-order valence-corrected chi connectivity index (χ2v) is 12.3. The fourth-order valence-electron chi connectivity index (χ4n) is 3.46. The van der Waals surface area contributed by atoms with Gasteiger partial charge < -0.3 is 40.1 Å². The van der Waals surface area contributed by atoms with Crippen molar-refractivity contribution >= 4 is 0 Å². The van der Waals surface area contributed by atoms with Crippen LogP contribution in [-0.4, -0.2) is 93.7 Å². The topological polar surface area (TPSA) is 146 Å². The maximum Gasteiger partial charge on any atom is 0.0812 e. The Hall–Kier alpha value is -0.320. The van der Waals surface area contributed by atoms with Gasteiger partial charge in [-0.15, -0.1) is 0 Å². The number of rotatable bonds is 16. The molecule has 0 aromatic heterocycles. The summed E-state index contributed by atoms with van der Waals surface area (Å²) in [5, 5.41) is 53.4. The SMILES string of the molecule is CC(C)C(O)CCCC(O)CO.CC(C)C(O)CCCC1CO1.CC(C)CC(O)CO.CC(C)CC1CO1. The molecule has 2 heterocycles. The van der Waals surface area contributed by atoms with Crippen molar-refractivity contribution in [3.05, 3.63) is 0 Å². The zero-order valence-electron chi connectivity index (χ0n) is 25.8. The molecule has 2 saturated heterocycles. The molecule has 0 spiro atoms. The van der Waals surface area contributed by atoms with Crippen molar-refractivity contribution < 1.29 is 40.1 Å². The van der Waals surface area contributed by atoms with Crippen LogP contribution in [0.4, 0.5) is 0 Å². The van der Waals surface area contributed by atoms with E-state index in [9.17, 15) is 10.2 Å². The van der Waals surface area contributed by atoms with Crippen LogP contribution in [0, 0.1) is 23.7 Å². The van der Waals surface area contributed by atoms with Crippen molar-refractivity contribution in [3.63, 3.8) is 0 Å². The quantitative estimate of drug-likeness (QED) is 0.158. The van der Waals surface area contributed by atoms with Gasteiger partial charge in [0, 0.05) is 0 Å². The molecule has 0 radical (unpaired) electrons. The molecule has 8 nitrogen and oxygen atoms in total. The van der Waals surface area contributed by atoms with Crippen LogP contribution in [0.25, 0.3) is 0 Å². The summed E-state index contributed by atoms with van der Waals surface area (Å²) < 4.78 is 10.1. The van der Waals surface area contributed by atoms with E-state index >= 15 is 0 Å². The van der Waals surface area contributed by atoms with Crippen LogP contribution in [0.2, 0.25) is 0 Å². The van der Waals surface area contributed by atoms with Crippen LogP contribution in [-0.2, 0) is 9.47 Å². The summed E-state index contributed by atoms with van der Waals surface area (Å²) in [7, 11) is 0. The Morgan fingerprint density at radius 1 is 0.605 bits per heavy atom. The van der Waals surface area contributed by atoms with Crippen molar-refractivity contribution in [2.45, 2.75) is 143 Å². The molecule has 6 unspecified atom stereocenters. The average molecular weight is 553 g/mol. The molecule has 2 aliphatic rings. The Balaban J connectivity index is 0. The van der Waals surface area contributed by atoms with Gasteiger partial charge in [0.1, 0.15) is 0 Å². The van der Waals surface area contributed by atoms with Crippen molar-refractivity contribution in [1.29, 1.82) is 0 Å². The van der Waals surface area contributed by atoms with Crippen LogP contribution >= 0.6 is 0 Å². The minimum Gasteiger partial charge on any atom is -0.394 e. The average Bonchev–Trinajstić information content (AvgIpc) is 3.76. The van der Waals surface area contributed by atoms with E-state index in [1.807, 2.05) is 27.7 Å². The first kappa shape index (κ1) is 39.8. The second kappa shape index (κ2) is 24.5. The van der Waals surface area contributed by atoms with Gasteiger partial charge in [0.25, 0.3) is 0 Å². The molecule has 232 valence electrons. The van der Waals surface area contributed by atoms with Crippen LogP contribution in [0.15, 0.2) is 0 Å². The normalized spacial score (nSPS) is 21.0. The van der Waals surface area contributed by atoms with E-state index < -0.39 is 12.2 Å². The number of aliphatic hydroxyl groups excluding tert-OH is 6. The van der Waals surface area contributed by atoms with Gasteiger partial charge in [-0.3, -0.25) is 0 Å². The molecule has 0 bridgehead atoms. The molecule has 38 heavy (non-hydrogen) atoms. The predicted molar refractivity (Wildman–Crippen MR) is 154 cm³/mol. The summed E-state index contributed by atoms with van der Waals surface area (Å²) in [5.41, 5.74) is 0. The number of ether oxygens (including phenoxy) is 2. The van der Waals surface area contributed by atoms with Crippen molar-refractivity contribution in [1.82, 2.24) is 0 Å². The molecule has 2 rings (SSSR count). The molecule has 0 amide bonds. The Bertz CT molecular complexity index is 493. The van der Waals surface area contributed by atoms with Crippen LogP contribution in [0.3, 0.4) is 0 Å². The summed E-state index contributed by atoms with van der Waals surface area (Å²) in [4.78, 5) is 0. The Kier molecular flexibility index (Phi) is 25.6. The summed E-state index contributed by atoms with van der Waals surface area (Å²) in [6, 6.07) is 0. The third kappa shape index (κ3) is 30.2. The third-order valence-corrected chi connectivity index (χ3v) is 6.31. The van der Waals surface area contributed by atoms with E-state index in [4.69, 9.17) is 29.9 Å². The highest BCUT2D eigenvalue weighted by atomic mass is 16.6. The molecule has 0 aromatic carbocycles. The lowest BCUT2D eigenvalue weighted by Crippen LogP contribution is -2.17. The van der Waals surface area contributed by atoms with E-state index in [2.05, 4.69) is 27.7 Å². The van der Waals surface area contributed by atoms with Crippen LogP contribution in [0.1, 0.15) is 107 Å². The number of hydrogen-bond acceptors (Lipinski definition) is 8. The lowest BCUT2D eigenvalue weighted by atomic mass is 10.0. The summed E-state index contributed by atoms with van der Waals surface area (Å²) in [6.07, 6.45) is 6.75. The molecule has 2 fully saturated rings. The minimum atomic E-state index is -0.621. The van der Waals surface area contributed by atoms with Gasteiger partial charge in [-0.2, -0.15) is 0 Å². The smallest absolute Gasteiger partial charge is 0.0812 e. The lowest BCUT2D eigenvalue weighted by Gasteiger charge is -2.14. The van der Waals surface area contributed by atoms with E-state index in [0.29, 0.717) is 43.3 Å². The van der Waals surface area contributed by atoms with Gasteiger partial charge >= 0.3 is 0 Å². The molecule has 8 heteroatoms. The van der Waals surface area contributed by atoms with E-state index in [1.165, 1.54) is 6.42 Å². The summed E-state index contributed by atoms with van der Waals surface area (Å²) in [6.45, 7) is 18.2. The first-order valence-electron chi connectivity index (χ1n) is 14.9.